The molecule has 0 saturated heterocycles. The van der Waals surface area contributed by atoms with Crippen LogP contribution in [-0.2, 0) is 4.74 Å². The van der Waals surface area contributed by atoms with Crippen LogP contribution in [0.5, 0.6) is 0 Å². The van der Waals surface area contributed by atoms with Gasteiger partial charge in [0.15, 0.2) is 0 Å². The molecule has 0 spiro atoms. The molecule has 0 saturated carbocycles. The van der Waals surface area contributed by atoms with E-state index < -0.39 is 17.5 Å². The fourth-order valence-electron chi connectivity index (χ4n) is 1.76. The van der Waals surface area contributed by atoms with Crippen molar-refractivity contribution in [3.8, 4) is 0 Å². The van der Waals surface area contributed by atoms with Crippen molar-refractivity contribution in [3.05, 3.63) is 34.5 Å². The summed E-state index contributed by atoms with van der Waals surface area (Å²) in [4.78, 5) is 25.7. The molecule has 5 nitrogen and oxygen atoms in total. The molecule has 0 radical (unpaired) electrons. The van der Waals surface area contributed by atoms with E-state index >= 15 is 0 Å². The van der Waals surface area contributed by atoms with E-state index in [0.717, 1.165) is 0 Å². The van der Waals surface area contributed by atoms with Crippen LogP contribution in [0.15, 0.2) is 18.2 Å². The Kier molecular flexibility index (Phi) is 3.48. The number of carbonyl (C=O) groups excluding carboxylic acids is 1. The lowest BCUT2D eigenvalue weighted by Crippen LogP contribution is -2.24. The van der Waals surface area contributed by atoms with Crippen LogP contribution in [0.4, 0.5) is 0 Å². The number of H-pyrrole nitrogens is 1. The van der Waals surface area contributed by atoms with Crippen molar-refractivity contribution in [1.82, 2.24) is 4.98 Å². The molecule has 0 fully saturated rings. The van der Waals surface area contributed by atoms with Gasteiger partial charge in [-0.1, -0.05) is 11.6 Å². The molecule has 1 heterocycles. The molecular weight excluding hydrogens is 282 g/mol. The summed E-state index contributed by atoms with van der Waals surface area (Å²) in [5.41, 5.74) is 0.182. The Bertz CT molecular complexity index is 697. The normalized spacial score (nSPS) is 11.6. The first-order chi connectivity index (χ1) is 9.17. The maximum Gasteiger partial charge on any atom is 0.352 e. The molecule has 0 unspecified atom stereocenters. The number of rotatable bonds is 2. The van der Waals surface area contributed by atoms with Gasteiger partial charge in [0.2, 0.25) is 0 Å². The van der Waals surface area contributed by atoms with Gasteiger partial charge in [0, 0.05) is 10.9 Å². The summed E-state index contributed by atoms with van der Waals surface area (Å²) in [5.74, 6) is -1.61. The molecule has 0 bridgehead atoms. The first-order valence-electron chi connectivity index (χ1n) is 5.96. The average Bonchev–Trinajstić information content (AvgIpc) is 2.68. The van der Waals surface area contributed by atoms with Gasteiger partial charge in [0.05, 0.1) is 10.6 Å². The van der Waals surface area contributed by atoms with Gasteiger partial charge in [0.25, 0.3) is 0 Å². The number of aromatic amines is 1. The van der Waals surface area contributed by atoms with Gasteiger partial charge in [-0.25, -0.2) is 9.59 Å². The highest BCUT2D eigenvalue weighted by Crippen LogP contribution is 2.26. The number of hydrogen-bond donors (Lipinski definition) is 2. The highest BCUT2D eigenvalue weighted by atomic mass is 35.5. The smallest absolute Gasteiger partial charge is 0.352 e. The van der Waals surface area contributed by atoms with Crippen LogP contribution in [0.25, 0.3) is 10.9 Å². The minimum atomic E-state index is -1.07. The fourth-order valence-corrected chi connectivity index (χ4v) is 2.00. The van der Waals surface area contributed by atoms with Gasteiger partial charge in [-0.2, -0.15) is 0 Å². The molecule has 6 heteroatoms. The van der Waals surface area contributed by atoms with Crippen molar-refractivity contribution in [2.75, 3.05) is 0 Å². The van der Waals surface area contributed by atoms with E-state index in [-0.39, 0.29) is 16.3 Å². The molecule has 2 rings (SSSR count). The molecule has 2 aromatic rings. The number of nitrogens with one attached hydrogen (secondary N) is 1. The van der Waals surface area contributed by atoms with E-state index in [0.29, 0.717) is 10.9 Å². The predicted molar refractivity (Wildman–Crippen MR) is 75.4 cm³/mol. The molecule has 0 aliphatic carbocycles. The monoisotopic (exact) mass is 295 g/mol. The highest BCUT2D eigenvalue weighted by Gasteiger charge is 2.21. The van der Waals surface area contributed by atoms with Crippen LogP contribution in [0.2, 0.25) is 5.02 Å². The number of halogens is 1. The molecular formula is C14H14ClNO4. The van der Waals surface area contributed by atoms with E-state index in [1.54, 1.807) is 20.8 Å². The van der Waals surface area contributed by atoms with Gasteiger partial charge >= 0.3 is 11.9 Å². The Hall–Kier alpha value is -2.01. The number of esters is 1. The van der Waals surface area contributed by atoms with Crippen LogP contribution in [0.3, 0.4) is 0 Å². The topological polar surface area (TPSA) is 79.4 Å². The molecule has 0 amide bonds. The number of aromatic carboxylic acids is 1. The van der Waals surface area contributed by atoms with Gasteiger partial charge in [0.1, 0.15) is 11.3 Å². The van der Waals surface area contributed by atoms with Gasteiger partial charge < -0.3 is 14.8 Å². The molecule has 0 aliphatic rings. The summed E-state index contributed by atoms with van der Waals surface area (Å²) < 4.78 is 5.26. The zero-order valence-corrected chi connectivity index (χ0v) is 12.0. The number of carboxylic acids is 1. The second-order valence-electron chi connectivity index (χ2n) is 5.41. The second-order valence-corrected chi connectivity index (χ2v) is 5.82. The quantitative estimate of drug-likeness (QED) is 0.831. The number of ether oxygens (including phenoxy) is 1. The van der Waals surface area contributed by atoms with Crippen molar-refractivity contribution in [2.24, 2.45) is 0 Å². The summed E-state index contributed by atoms with van der Waals surface area (Å²) in [7, 11) is 0. The van der Waals surface area contributed by atoms with Crippen LogP contribution in [0, 0.1) is 0 Å². The number of carboxylic acid groups (broad SMARTS) is 1. The average molecular weight is 296 g/mol. The number of carbonyl (C=O) groups is 2. The molecule has 1 aromatic heterocycles. The standard InChI is InChI=1S/C14H14ClNO4/c1-14(2,3)20-13(19)8-4-7-5-11(12(17)18)16-10(7)6-9(8)15/h4-6,16H,1-3H3,(H,17,18). The fraction of sp³-hybridized carbons (Fsp3) is 0.286. The summed E-state index contributed by atoms with van der Waals surface area (Å²) in [6.45, 7) is 5.28. The number of fused-ring (bicyclic) bond motifs is 1. The van der Waals surface area contributed by atoms with Crippen LogP contribution >= 0.6 is 11.6 Å². The first-order valence-corrected chi connectivity index (χ1v) is 6.34. The number of hydrogen-bond acceptors (Lipinski definition) is 3. The Morgan fingerprint density at radius 3 is 2.45 bits per heavy atom. The third-order valence-electron chi connectivity index (χ3n) is 2.56. The Morgan fingerprint density at radius 2 is 1.90 bits per heavy atom. The number of aromatic nitrogens is 1. The minimum Gasteiger partial charge on any atom is -0.477 e. The molecule has 0 aliphatic heterocycles. The summed E-state index contributed by atoms with van der Waals surface area (Å²) in [5, 5.41) is 9.73. The summed E-state index contributed by atoms with van der Waals surface area (Å²) >= 11 is 6.05. The third-order valence-corrected chi connectivity index (χ3v) is 2.87. The SMILES string of the molecule is CC(C)(C)OC(=O)c1cc2cc(C(=O)O)[nH]c2cc1Cl. The molecule has 2 N–H and O–H groups in total. The van der Waals surface area contributed by atoms with Crippen molar-refractivity contribution >= 4 is 34.4 Å². The van der Waals surface area contributed by atoms with E-state index in [4.69, 9.17) is 21.4 Å². The number of benzene rings is 1. The van der Waals surface area contributed by atoms with Gasteiger partial charge in [-0.15, -0.1) is 0 Å². The van der Waals surface area contributed by atoms with E-state index in [9.17, 15) is 9.59 Å². The second kappa shape index (κ2) is 4.83. The zero-order chi connectivity index (χ0) is 15.1. The minimum absolute atomic E-state index is 0.0393. The van der Waals surface area contributed by atoms with E-state index in [1.165, 1.54) is 18.2 Å². The van der Waals surface area contributed by atoms with Crippen molar-refractivity contribution in [2.45, 2.75) is 26.4 Å². The zero-order valence-electron chi connectivity index (χ0n) is 11.3. The van der Waals surface area contributed by atoms with Crippen LogP contribution in [-0.4, -0.2) is 27.6 Å². The molecule has 1 aromatic carbocycles. The van der Waals surface area contributed by atoms with Gasteiger partial charge in [-0.3, -0.25) is 0 Å². The largest absolute Gasteiger partial charge is 0.477 e. The predicted octanol–water partition coefficient (Wildman–Crippen LogP) is 3.47. The van der Waals surface area contributed by atoms with E-state index in [1.807, 2.05) is 0 Å². The third kappa shape index (κ3) is 2.93. The molecule has 20 heavy (non-hydrogen) atoms. The summed E-state index contributed by atoms with van der Waals surface area (Å²) in [6.07, 6.45) is 0. The van der Waals surface area contributed by atoms with Crippen molar-refractivity contribution in [1.29, 1.82) is 0 Å². The van der Waals surface area contributed by atoms with Crippen LogP contribution < -0.4 is 0 Å². The summed E-state index contributed by atoms with van der Waals surface area (Å²) in [6, 6.07) is 4.49. The molecule has 0 atom stereocenters. The Morgan fingerprint density at radius 1 is 1.25 bits per heavy atom. The highest BCUT2D eigenvalue weighted by molar-refractivity contribution is 6.34. The molecule has 106 valence electrons. The maximum absolute atomic E-state index is 12.0. The lowest BCUT2D eigenvalue weighted by atomic mass is 10.1. The lowest BCUT2D eigenvalue weighted by molar-refractivity contribution is 0.00697. The van der Waals surface area contributed by atoms with Crippen molar-refractivity contribution in [3.63, 3.8) is 0 Å². The Balaban J connectivity index is 2.47. The van der Waals surface area contributed by atoms with Crippen LogP contribution in [0.1, 0.15) is 41.6 Å². The maximum atomic E-state index is 12.0. The lowest BCUT2D eigenvalue weighted by Gasteiger charge is -2.19. The van der Waals surface area contributed by atoms with Gasteiger partial charge in [-0.05, 0) is 39.0 Å². The first kappa shape index (κ1) is 14.4. The Labute approximate surface area is 120 Å². The van der Waals surface area contributed by atoms with E-state index in [2.05, 4.69) is 4.98 Å². The van der Waals surface area contributed by atoms with Crippen molar-refractivity contribution < 1.29 is 19.4 Å².